The van der Waals surface area contributed by atoms with Gasteiger partial charge in [0.05, 0.1) is 11.7 Å². The van der Waals surface area contributed by atoms with E-state index in [1.54, 1.807) is 12.1 Å². The van der Waals surface area contributed by atoms with Gasteiger partial charge in [-0.2, -0.15) is 0 Å². The van der Waals surface area contributed by atoms with Crippen molar-refractivity contribution in [3.8, 4) is 0 Å². The molecule has 0 aliphatic carbocycles. The van der Waals surface area contributed by atoms with Crippen molar-refractivity contribution in [3.63, 3.8) is 0 Å². The zero-order chi connectivity index (χ0) is 19.6. The zero-order valence-corrected chi connectivity index (χ0v) is 16.3. The third kappa shape index (κ3) is 4.86. The van der Waals surface area contributed by atoms with Gasteiger partial charge < -0.3 is 19.3 Å². The smallest absolute Gasteiger partial charge is 0.339 e. The van der Waals surface area contributed by atoms with Crippen LogP contribution in [0.4, 0.5) is 0 Å². The van der Waals surface area contributed by atoms with Crippen molar-refractivity contribution in [2.24, 2.45) is 0 Å². The Morgan fingerprint density at radius 2 is 1.93 bits per heavy atom. The van der Waals surface area contributed by atoms with E-state index < -0.39 is 18.0 Å². The Morgan fingerprint density at radius 3 is 2.70 bits per heavy atom. The number of aliphatic hydroxyl groups excluding tert-OH is 1. The molecule has 0 spiro atoms. The van der Waals surface area contributed by atoms with Gasteiger partial charge in [-0.25, -0.2) is 4.79 Å². The number of hydrogen-bond acceptors (Lipinski definition) is 5. The van der Waals surface area contributed by atoms with Crippen LogP contribution in [0.1, 0.15) is 55.1 Å². The molecule has 3 rings (SSSR count). The molecule has 1 saturated heterocycles. The average Bonchev–Trinajstić information content (AvgIpc) is 2.89. The van der Waals surface area contributed by atoms with Gasteiger partial charge in [0.25, 0.3) is 0 Å². The van der Waals surface area contributed by atoms with Crippen LogP contribution in [0.2, 0.25) is 0 Å². The summed E-state index contributed by atoms with van der Waals surface area (Å²) >= 11 is 0. The number of carbonyl (C=O) groups excluding carboxylic acids is 1. The van der Waals surface area contributed by atoms with Crippen LogP contribution in [0.25, 0.3) is 6.08 Å². The largest absolute Gasteiger partial charge is 0.459 e. The Balaban J connectivity index is 1.93. The van der Waals surface area contributed by atoms with Crippen molar-refractivity contribution in [3.05, 3.63) is 53.1 Å². The molecule has 4 atom stereocenters. The summed E-state index contributed by atoms with van der Waals surface area (Å²) in [5, 5.41) is 10.5. The van der Waals surface area contributed by atoms with Crippen molar-refractivity contribution in [1.29, 1.82) is 0 Å². The first kappa shape index (κ1) is 19.8. The van der Waals surface area contributed by atoms with Crippen LogP contribution in [0, 0.1) is 6.92 Å². The van der Waals surface area contributed by atoms with E-state index in [2.05, 4.69) is 0 Å². The molecule has 2 heterocycles. The molecule has 1 N–H and O–H groups in total. The van der Waals surface area contributed by atoms with Crippen LogP contribution in [0.5, 0.6) is 0 Å². The number of esters is 1. The Morgan fingerprint density at radius 1 is 1.15 bits per heavy atom. The molecule has 2 aliphatic heterocycles. The van der Waals surface area contributed by atoms with E-state index >= 15 is 0 Å². The summed E-state index contributed by atoms with van der Waals surface area (Å²) < 4.78 is 17.4. The van der Waals surface area contributed by atoms with Gasteiger partial charge in [-0.15, -0.1) is 0 Å². The number of carbonyl (C=O) groups is 1. The lowest BCUT2D eigenvalue weighted by Crippen LogP contribution is -2.34. The second-order valence-corrected chi connectivity index (χ2v) is 7.74. The normalized spacial score (nSPS) is 33.3. The number of aliphatic hydroxyl groups is 1. The van der Waals surface area contributed by atoms with Crippen LogP contribution in [0.3, 0.4) is 0 Å². The lowest BCUT2D eigenvalue weighted by atomic mass is 10.0. The van der Waals surface area contributed by atoms with E-state index in [1.165, 1.54) is 0 Å². The topological polar surface area (TPSA) is 65.0 Å². The highest BCUT2D eigenvalue weighted by molar-refractivity contribution is 5.93. The predicted octanol–water partition coefficient (Wildman–Crippen LogP) is 3.78. The molecule has 0 amide bonds. The van der Waals surface area contributed by atoms with Crippen LogP contribution in [-0.4, -0.2) is 41.3 Å². The average molecular weight is 372 g/mol. The molecule has 146 valence electrons. The van der Waals surface area contributed by atoms with Crippen molar-refractivity contribution in [2.75, 3.05) is 0 Å². The number of aryl methyl sites for hydroxylation is 1. The Kier molecular flexibility index (Phi) is 5.84. The number of ether oxygens (including phenoxy) is 3. The third-order valence-electron chi connectivity index (χ3n) is 4.76. The SMILES string of the molecule is Cc1ccc2c(c1)/C=C/C[C@@H]1OC(C)(C)O[C@@H]1C(O)/C=C\C[C@H](C)OC2=O. The maximum atomic E-state index is 12.6. The molecule has 0 bridgehead atoms. The van der Waals surface area contributed by atoms with Crippen molar-refractivity contribution < 1.29 is 24.1 Å². The summed E-state index contributed by atoms with van der Waals surface area (Å²) in [6.07, 6.45) is 6.68. The van der Waals surface area contributed by atoms with Gasteiger partial charge in [0.15, 0.2) is 5.79 Å². The first-order valence-corrected chi connectivity index (χ1v) is 9.44. The monoisotopic (exact) mass is 372 g/mol. The summed E-state index contributed by atoms with van der Waals surface area (Å²) in [7, 11) is 0. The number of fused-ring (bicyclic) bond motifs is 2. The maximum Gasteiger partial charge on any atom is 0.339 e. The predicted molar refractivity (Wildman–Crippen MR) is 103 cm³/mol. The quantitative estimate of drug-likeness (QED) is 0.554. The molecule has 5 heteroatoms. The fourth-order valence-corrected chi connectivity index (χ4v) is 3.48. The van der Waals surface area contributed by atoms with Gasteiger partial charge in [0, 0.05) is 6.42 Å². The second kappa shape index (κ2) is 7.97. The van der Waals surface area contributed by atoms with E-state index in [0.717, 1.165) is 11.1 Å². The van der Waals surface area contributed by atoms with E-state index in [-0.39, 0.29) is 18.2 Å². The number of rotatable bonds is 0. The summed E-state index contributed by atoms with van der Waals surface area (Å²) in [5.41, 5.74) is 2.43. The van der Waals surface area contributed by atoms with Crippen molar-refractivity contribution in [2.45, 2.75) is 70.7 Å². The molecular formula is C22H28O5. The molecule has 2 aliphatic rings. The molecule has 1 unspecified atom stereocenters. The molecule has 1 aromatic rings. The van der Waals surface area contributed by atoms with E-state index in [9.17, 15) is 9.90 Å². The van der Waals surface area contributed by atoms with Gasteiger partial charge >= 0.3 is 5.97 Å². The number of hydrogen-bond donors (Lipinski definition) is 1. The van der Waals surface area contributed by atoms with Gasteiger partial charge in [-0.3, -0.25) is 0 Å². The highest BCUT2D eigenvalue weighted by atomic mass is 16.8. The van der Waals surface area contributed by atoms with E-state index in [0.29, 0.717) is 18.4 Å². The van der Waals surface area contributed by atoms with Crippen molar-refractivity contribution in [1.82, 2.24) is 0 Å². The molecule has 5 nitrogen and oxygen atoms in total. The number of benzene rings is 1. The summed E-state index contributed by atoms with van der Waals surface area (Å²) in [4.78, 5) is 12.6. The van der Waals surface area contributed by atoms with Gasteiger partial charge in [0.1, 0.15) is 18.3 Å². The summed E-state index contributed by atoms with van der Waals surface area (Å²) in [5.74, 6) is -1.08. The summed E-state index contributed by atoms with van der Waals surface area (Å²) in [6.45, 7) is 7.52. The standard InChI is InChI=1S/C22H28O5/c1-14-11-12-17-16(13-14)8-6-10-19-20(27-22(3,4)26-19)18(23)9-5-7-15(2)25-21(17)24/h5-6,8-9,11-13,15,18-20,23H,7,10H2,1-4H3/b8-6+,9-5-/t15-,18?,19-,20+/m0/s1. The minimum Gasteiger partial charge on any atom is -0.459 e. The van der Waals surface area contributed by atoms with Crippen LogP contribution in [-0.2, 0) is 14.2 Å². The molecular weight excluding hydrogens is 344 g/mol. The molecule has 1 aromatic carbocycles. The van der Waals surface area contributed by atoms with Gasteiger partial charge in [0.2, 0.25) is 0 Å². The molecule has 0 saturated carbocycles. The highest BCUT2D eigenvalue weighted by Gasteiger charge is 2.43. The molecule has 27 heavy (non-hydrogen) atoms. The third-order valence-corrected chi connectivity index (χ3v) is 4.76. The highest BCUT2D eigenvalue weighted by Crippen LogP contribution is 2.32. The summed E-state index contributed by atoms with van der Waals surface area (Å²) in [6, 6.07) is 5.67. The zero-order valence-electron chi connectivity index (χ0n) is 16.3. The van der Waals surface area contributed by atoms with Crippen molar-refractivity contribution >= 4 is 12.0 Å². The molecule has 0 aromatic heterocycles. The maximum absolute atomic E-state index is 12.6. The Hall–Kier alpha value is -1.95. The Labute approximate surface area is 160 Å². The first-order chi connectivity index (χ1) is 12.7. The lowest BCUT2D eigenvalue weighted by Gasteiger charge is -2.20. The van der Waals surface area contributed by atoms with Crippen LogP contribution in [0.15, 0.2) is 36.4 Å². The molecule has 1 fully saturated rings. The van der Waals surface area contributed by atoms with E-state index in [1.807, 2.05) is 58.1 Å². The lowest BCUT2D eigenvalue weighted by molar-refractivity contribution is -0.152. The number of cyclic esters (lactones) is 1. The minimum absolute atomic E-state index is 0.267. The van der Waals surface area contributed by atoms with Crippen LogP contribution < -0.4 is 0 Å². The first-order valence-electron chi connectivity index (χ1n) is 9.44. The minimum atomic E-state index is -0.787. The fourth-order valence-electron chi connectivity index (χ4n) is 3.48. The fraction of sp³-hybridized carbons (Fsp3) is 0.500. The van der Waals surface area contributed by atoms with Gasteiger partial charge in [-0.1, -0.05) is 42.0 Å². The Bertz CT molecular complexity index is 749. The van der Waals surface area contributed by atoms with Gasteiger partial charge in [-0.05, 0) is 45.7 Å². The van der Waals surface area contributed by atoms with E-state index in [4.69, 9.17) is 14.2 Å². The van der Waals surface area contributed by atoms with Crippen LogP contribution >= 0.6 is 0 Å². The second-order valence-electron chi connectivity index (χ2n) is 7.74. The molecule has 0 radical (unpaired) electrons.